The van der Waals surface area contributed by atoms with Gasteiger partial charge in [0.05, 0.1) is 0 Å². The second-order valence-electron chi connectivity index (χ2n) is 6.36. The van der Waals surface area contributed by atoms with E-state index in [0.29, 0.717) is 5.75 Å². The molecule has 0 aromatic heterocycles. The number of phenols is 1. The van der Waals surface area contributed by atoms with E-state index in [1.165, 1.54) is 32.1 Å². The molecule has 0 radical (unpaired) electrons. The lowest BCUT2D eigenvalue weighted by molar-refractivity contribution is 0.330. The molecule has 1 unspecified atom stereocenters. The van der Waals surface area contributed by atoms with Crippen molar-refractivity contribution >= 4 is 10.8 Å². The summed E-state index contributed by atoms with van der Waals surface area (Å²) in [6, 6.07) is 12.4. The molecule has 21 heavy (non-hydrogen) atoms. The minimum atomic E-state index is 0.191. The average Bonchev–Trinajstić information content (AvgIpc) is 2.54. The Morgan fingerprint density at radius 2 is 1.86 bits per heavy atom. The number of rotatable bonds is 4. The third kappa shape index (κ3) is 3.21. The molecule has 0 saturated heterocycles. The lowest BCUT2D eigenvalue weighted by atomic mass is 9.89. The molecule has 2 heteroatoms. The topological polar surface area (TPSA) is 32.3 Å². The lowest BCUT2D eigenvalue weighted by Gasteiger charge is -2.24. The van der Waals surface area contributed by atoms with E-state index in [1.54, 1.807) is 0 Å². The summed E-state index contributed by atoms with van der Waals surface area (Å²) in [5.41, 5.74) is 1.00. The van der Waals surface area contributed by atoms with Gasteiger partial charge in [0.15, 0.2) is 0 Å². The van der Waals surface area contributed by atoms with Crippen molar-refractivity contribution in [2.24, 2.45) is 5.92 Å². The largest absolute Gasteiger partial charge is 0.507 e. The smallest absolute Gasteiger partial charge is 0.128 e. The van der Waals surface area contributed by atoms with Crippen molar-refractivity contribution in [2.75, 3.05) is 6.54 Å². The first kappa shape index (κ1) is 14.4. The molecule has 1 aliphatic carbocycles. The number of fused-ring (bicyclic) bond motifs is 1. The number of phenolic OH excluding ortho intramolecular Hbond substituents is 1. The molecule has 2 N–H and O–H groups in total. The number of hydrogen-bond donors (Lipinski definition) is 2. The summed E-state index contributed by atoms with van der Waals surface area (Å²) in [7, 11) is 0. The predicted octanol–water partition coefficient (Wildman–Crippen LogP) is 4.78. The first-order chi connectivity index (χ1) is 10.3. The highest BCUT2D eigenvalue weighted by molar-refractivity contribution is 5.89. The Hall–Kier alpha value is -1.54. The molecule has 1 aliphatic rings. The highest BCUT2D eigenvalue weighted by Crippen LogP contribution is 2.32. The van der Waals surface area contributed by atoms with E-state index >= 15 is 0 Å². The monoisotopic (exact) mass is 283 g/mol. The summed E-state index contributed by atoms with van der Waals surface area (Å²) in [6.45, 7) is 3.21. The summed E-state index contributed by atoms with van der Waals surface area (Å²) in [6.07, 6.45) is 6.86. The molecule has 2 aromatic carbocycles. The van der Waals surface area contributed by atoms with Crippen LogP contribution in [-0.2, 0) is 0 Å². The first-order valence-corrected chi connectivity index (χ1v) is 8.19. The third-order valence-corrected chi connectivity index (χ3v) is 4.84. The third-order valence-electron chi connectivity index (χ3n) is 4.84. The normalized spacial score (nSPS) is 18.0. The molecular weight excluding hydrogens is 258 g/mol. The fraction of sp³-hybridized carbons (Fsp3) is 0.474. The summed E-state index contributed by atoms with van der Waals surface area (Å²) in [5, 5.41) is 16.2. The van der Waals surface area contributed by atoms with Crippen molar-refractivity contribution in [3.63, 3.8) is 0 Å². The number of aromatic hydroxyl groups is 1. The molecular formula is C19H25NO. The molecule has 2 nitrogen and oxygen atoms in total. The summed E-state index contributed by atoms with van der Waals surface area (Å²) in [5.74, 6) is 1.24. The maximum atomic E-state index is 10.5. The second kappa shape index (κ2) is 6.48. The fourth-order valence-corrected chi connectivity index (χ4v) is 3.47. The highest BCUT2D eigenvalue weighted by atomic mass is 16.3. The Morgan fingerprint density at radius 3 is 2.67 bits per heavy atom. The molecule has 0 spiro atoms. The van der Waals surface area contributed by atoms with Gasteiger partial charge in [-0.05, 0) is 37.6 Å². The van der Waals surface area contributed by atoms with E-state index in [0.717, 1.165) is 28.8 Å². The molecule has 2 aromatic rings. The molecule has 1 fully saturated rings. The zero-order valence-corrected chi connectivity index (χ0v) is 12.8. The van der Waals surface area contributed by atoms with Crippen molar-refractivity contribution < 1.29 is 5.11 Å². The molecule has 1 saturated carbocycles. The standard InChI is InChI=1S/C19H25NO/c1-14(20-13-15-7-3-2-4-8-15)17-12-11-16-9-5-6-10-18(16)19(17)21/h5-6,9-12,14-15,20-21H,2-4,7-8,13H2,1H3. The van der Waals surface area contributed by atoms with Crippen molar-refractivity contribution in [3.05, 3.63) is 42.0 Å². The van der Waals surface area contributed by atoms with Crippen LogP contribution in [0.2, 0.25) is 0 Å². The van der Waals surface area contributed by atoms with Crippen LogP contribution in [0.15, 0.2) is 36.4 Å². The van der Waals surface area contributed by atoms with Gasteiger partial charge in [-0.1, -0.05) is 55.7 Å². The second-order valence-corrected chi connectivity index (χ2v) is 6.36. The van der Waals surface area contributed by atoms with Crippen LogP contribution >= 0.6 is 0 Å². The Balaban J connectivity index is 1.71. The van der Waals surface area contributed by atoms with E-state index in [1.807, 2.05) is 24.3 Å². The average molecular weight is 283 g/mol. The van der Waals surface area contributed by atoms with Crippen molar-refractivity contribution in [1.29, 1.82) is 0 Å². The predicted molar refractivity (Wildman–Crippen MR) is 88.6 cm³/mol. The van der Waals surface area contributed by atoms with Crippen LogP contribution in [0.25, 0.3) is 10.8 Å². The zero-order chi connectivity index (χ0) is 14.7. The maximum absolute atomic E-state index is 10.5. The van der Waals surface area contributed by atoms with E-state index in [-0.39, 0.29) is 6.04 Å². The van der Waals surface area contributed by atoms with E-state index < -0.39 is 0 Å². The van der Waals surface area contributed by atoms with Gasteiger partial charge >= 0.3 is 0 Å². The van der Waals surface area contributed by atoms with Crippen molar-refractivity contribution in [1.82, 2.24) is 5.32 Å². The van der Waals surface area contributed by atoms with Crippen LogP contribution in [0, 0.1) is 5.92 Å². The Labute approximate surface area is 127 Å². The van der Waals surface area contributed by atoms with Gasteiger partial charge < -0.3 is 10.4 Å². The van der Waals surface area contributed by atoms with Gasteiger partial charge in [0, 0.05) is 17.0 Å². The highest BCUT2D eigenvalue weighted by Gasteiger charge is 2.16. The Kier molecular flexibility index (Phi) is 4.45. The van der Waals surface area contributed by atoms with Gasteiger partial charge in [-0.2, -0.15) is 0 Å². The van der Waals surface area contributed by atoms with Gasteiger partial charge in [-0.15, -0.1) is 0 Å². The summed E-state index contributed by atoms with van der Waals surface area (Å²) >= 11 is 0. The van der Waals surface area contributed by atoms with Crippen molar-refractivity contribution in [3.8, 4) is 5.75 Å². The molecule has 0 aliphatic heterocycles. The van der Waals surface area contributed by atoms with Crippen LogP contribution in [0.4, 0.5) is 0 Å². The van der Waals surface area contributed by atoms with Gasteiger partial charge in [0.25, 0.3) is 0 Å². The van der Waals surface area contributed by atoms with E-state index in [9.17, 15) is 5.11 Å². The van der Waals surface area contributed by atoms with Crippen molar-refractivity contribution in [2.45, 2.75) is 45.1 Å². The summed E-state index contributed by atoms with van der Waals surface area (Å²) in [4.78, 5) is 0. The zero-order valence-electron chi connectivity index (χ0n) is 12.8. The number of nitrogens with one attached hydrogen (secondary N) is 1. The molecule has 0 bridgehead atoms. The van der Waals surface area contributed by atoms with Gasteiger partial charge in [0.1, 0.15) is 5.75 Å². The Morgan fingerprint density at radius 1 is 1.10 bits per heavy atom. The molecule has 0 amide bonds. The van der Waals surface area contributed by atoms with E-state index in [4.69, 9.17) is 0 Å². The van der Waals surface area contributed by atoms with Crippen LogP contribution in [0.3, 0.4) is 0 Å². The first-order valence-electron chi connectivity index (χ1n) is 8.19. The summed E-state index contributed by atoms with van der Waals surface area (Å²) < 4.78 is 0. The molecule has 112 valence electrons. The minimum Gasteiger partial charge on any atom is -0.507 e. The molecule has 1 atom stereocenters. The van der Waals surface area contributed by atoms with Crippen LogP contribution in [-0.4, -0.2) is 11.7 Å². The quantitative estimate of drug-likeness (QED) is 0.846. The van der Waals surface area contributed by atoms with Gasteiger partial charge in [-0.3, -0.25) is 0 Å². The number of hydrogen-bond acceptors (Lipinski definition) is 2. The van der Waals surface area contributed by atoms with Crippen LogP contribution in [0.5, 0.6) is 5.75 Å². The fourth-order valence-electron chi connectivity index (χ4n) is 3.47. The van der Waals surface area contributed by atoms with Gasteiger partial charge in [-0.25, -0.2) is 0 Å². The molecule has 3 rings (SSSR count). The van der Waals surface area contributed by atoms with Gasteiger partial charge in [0.2, 0.25) is 0 Å². The number of benzene rings is 2. The minimum absolute atomic E-state index is 0.191. The van der Waals surface area contributed by atoms with Crippen LogP contribution < -0.4 is 5.32 Å². The Bertz CT molecular complexity index is 602. The maximum Gasteiger partial charge on any atom is 0.128 e. The van der Waals surface area contributed by atoms with E-state index in [2.05, 4.69) is 24.4 Å². The SMILES string of the molecule is CC(NCC1CCCCC1)c1ccc2ccccc2c1O. The molecule has 0 heterocycles. The lowest BCUT2D eigenvalue weighted by Crippen LogP contribution is -2.27. The van der Waals surface area contributed by atoms with Crippen LogP contribution in [0.1, 0.15) is 50.6 Å².